The second-order valence-electron chi connectivity index (χ2n) is 7.05. The van der Waals surface area contributed by atoms with Crippen LogP contribution in [-0.2, 0) is 14.3 Å². The van der Waals surface area contributed by atoms with Crippen LogP contribution >= 0.6 is 15.9 Å². The number of carboxylic acid groups (broad SMARTS) is 1. The Morgan fingerprint density at radius 2 is 2.08 bits per heavy atom. The molecule has 138 valence electrons. The summed E-state index contributed by atoms with van der Waals surface area (Å²) in [5.41, 5.74) is -0.541. The number of rotatable bonds is 8. The first-order valence-electron chi connectivity index (χ1n) is 8.19. The van der Waals surface area contributed by atoms with Gasteiger partial charge in [0, 0.05) is 24.8 Å². The summed E-state index contributed by atoms with van der Waals surface area (Å²) in [4.78, 5) is 36.4. The van der Waals surface area contributed by atoms with Crippen molar-refractivity contribution in [2.75, 3.05) is 18.4 Å². The molecule has 2 atom stereocenters. The van der Waals surface area contributed by atoms with Crippen LogP contribution in [0, 0.1) is 5.92 Å². The maximum absolute atomic E-state index is 12.0. The molecule has 0 aromatic rings. The number of aliphatic carboxylic acids is 1. The fourth-order valence-corrected chi connectivity index (χ4v) is 3.03. The second kappa shape index (κ2) is 9.25. The Bertz CT molecular complexity index is 464. The smallest absolute Gasteiger partial charge is 0.407 e. The van der Waals surface area contributed by atoms with E-state index in [-0.39, 0.29) is 11.8 Å². The SMILES string of the molecule is CC(C)(C)OC(=O)NCCCC[C@@H](C(=O)O)N1CC(CBr)CC1=O. The van der Waals surface area contributed by atoms with Crippen molar-refractivity contribution in [1.82, 2.24) is 10.2 Å². The van der Waals surface area contributed by atoms with Gasteiger partial charge in [0.25, 0.3) is 0 Å². The zero-order valence-corrected chi connectivity index (χ0v) is 16.1. The van der Waals surface area contributed by atoms with E-state index in [1.165, 1.54) is 4.90 Å². The highest BCUT2D eigenvalue weighted by Crippen LogP contribution is 2.24. The molecule has 0 aromatic carbocycles. The Morgan fingerprint density at radius 1 is 1.42 bits per heavy atom. The van der Waals surface area contributed by atoms with Crippen molar-refractivity contribution in [3.63, 3.8) is 0 Å². The number of nitrogens with zero attached hydrogens (tertiary/aromatic N) is 1. The molecule has 1 aliphatic heterocycles. The molecule has 0 aromatic heterocycles. The predicted molar refractivity (Wildman–Crippen MR) is 93.1 cm³/mol. The first-order valence-corrected chi connectivity index (χ1v) is 9.31. The van der Waals surface area contributed by atoms with Crippen LogP contribution in [0.1, 0.15) is 46.5 Å². The topological polar surface area (TPSA) is 95.9 Å². The van der Waals surface area contributed by atoms with E-state index < -0.39 is 23.7 Å². The molecule has 0 saturated carbocycles. The standard InChI is InChI=1S/C16H27BrN2O5/c1-16(2,3)24-15(23)18-7-5-4-6-12(14(21)22)19-10-11(9-17)8-13(19)20/h11-12H,4-10H2,1-3H3,(H,18,23)(H,21,22)/t11?,12-/m0/s1. The number of carbonyl (C=O) groups is 3. The van der Waals surface area contributed by atoms with Gasteiger partial charge in [-0.05, 0) is 46.0 Å². The lowest BCUT2D eigenvalue weighted by molar-refractivity contribution is -0.148. The largest absolute Gasteiger partial charge is 0.480 e. The van der Waals surface area contributed by atoms with Crippen molar-refractivity contribution in [2.24, 2.45) is 5.92 Å². The van der Waals surface area contributed by atoms with Crippen LogP contribution in [0.15, 0.2) is 0 Å². The van der Waals surface area contributed by atoms with Crippen LogP contribution in [0.4, 0.5) is 4.79 Å². The second-order valence-corrected chi connectivity index (χ2v) is 7.70. The molecule has 0 aliphatic carbocycles. The Morgan fingerprint density at radius 3 is 2.58 bits per heavy atom. The highest BCUT2D eigenvalue weighted by molar-refractivity contribution is 9.09. The average Bonchev–Trinajstić information content (AvgIpc) is 2.81. The number of halogens is 1. The molecular weight excluding hydrogens is 380 g/mol. The molecule has 1 heterocycles. The Hall–Kier alpha value is -1.31. The van der Waals surface area contributed by atoms with E-state index in [2.05, 4.69) is 21.2 Å². The van der Waals surface area contributed by atoms with Crippen LogP contribution in [0.25, 0.3) is 0 Å². The highest BCUT2D eigenvalue weighted by Gasteiger charge is 2.36. The van der Waals surface area contributed by atoms with E-state index in [1.54, 1.807) is 20.8 Å². The Balaban J connectivity index is 2.34. The minimum Gasteiger partial charge on any atom is -0.480 e. The molecule has 2 amide bonds. The van der Waals surface area contributed by atoms with Crippen molar-refractivity contribution < 1.29 is 24.2 Å². The van der Waals surface area contributed by atoms with Gasteiger partial charge >= 0.3 is 12.1 Å². The third-order valence-corrected chi connectivity index (χ3v) is 4.61. The lowest BCUT2D eigenvalue weighted by atomic mass is 10.1. The Labute approximate surface area is 151 Å². The summed E-state index contributed by atoms with van der Waals surface area (Å²) >= 11 is 3.35. The number of alkyl halides is 1. The van der Waals surface area contributed by atoms with E-state index in [1.807, 2.05) is 0 Å². The molecule has 1 unspecified atom stereocenters. The summed E-state index contributed by atoms with van der Waals surface area (Å²) < 4.78 is 5.12. The van der Waals surface area contributed by atoms with Crippen LogP contribution in [0.2, 0.25) is 0 Å². The number of nitrogens with one attached hydrogen (secondary N) is 1. The third kappa shape index (κ3) is 7.07. The monoisotopic (exact) mass is 406 g/mol. The molecule has 8 heteroatoms. The van der Waals surface area contributed by atoms with E-state index in [9.17, 15) is 19.5 Å². The summed E-state index contributed by atoms with van der Waals surface area (Å²) in [6.45, 7) is 6.27. The lowest BCUT2D eigenvalue weighted by Crippen LogP contribution is -2.42. The normalized spacial score (nSPS) is 19.2. The fourth-order valence-electron chi connectivity index (χ4n) is 2.59. The van der Waals surface area contributed by atoms with Gasteiger partial charge in [-0.1, -0.05) is 15.9 Å². The molecule has 1 rings (SSSR count). The molecule has 0 spiro atoms. The zero-order valence-electron chi connectivity index (χ0n) is 14.5. The van der Waals surface area contributed by atoms with Gasteiger partial charge in [-0.2, -0.15) is 0 Å². The van der Waals surface area contributed by atoms with Gasteiger partial charge < -0.3 is 20.1 Å². The number of unbranched alkanes of at least 4 members (excludes halogenated alkanes) is 1. The quantitative estimate of drug-likeness (QED) is 0.476. The predicted octanol–water partition coefficient (Wildman–Crippen LogP) is 2.38. The minimum absolute atomic E-state index is 0.0984. The van der Waals surface area contributed by atoms with Gasteiger partial charge in [-0.3, -0.25) is 4.79 Å². The van der Waals surface area contributed by atoms with Gasteiger partial charge in [0.2, 0.25) is 5.91 Å². The molecule has 1 fully saturated rings. The van der Waals surface area contributed by atoms with Crippen molar-refractivity contribution in [3.8, 4) is 0 Å². The van der Waals surface area contributed by atoms with Gasteiger partial charge in [0.05, 0.1) is 0 Å². The van der Waals surface area contributed by atoms with E-state index in [4.69, 9.17) is 4.74 Å². The van der Waals surface area contributed by atoms with Gasteiger partial charge in [-0.25, -0.2) is 9.59 Å². The number of likely N-dealkylation sites (tertiary alicyclic amines) is 1. The third-order valence-electron chi connectivity index (χ3n) is 3.69. The first-order chi connectivity index (χ1) is 11.1. The molecule has 1 saturated heterocycles. The maximum Gasteiger partial charge on any atom is 0.407 e. The molecule has 0 bridgehead atoms. The number of amides is 2. The highest BCUT2D eigenvalue weighted by atomic mass is 79.9. The summed E-state index contributed by atoms with van der Waals surface area (Å²) in [6.07, 6.45) is 1.54. The molecule has 24 heavy (non-hydrogen) atoms. The molecular formula is C16H27BrN2O5. The summed E-state index contributed by atoms with van der Waals surface area (Å²) in [5.74, 6) is -0.898. The number of carboxylic acids is 1. The average molecular weight is 407 g/mol. The van der Waals surface area contributed by atoms with Crippen LogP contribution in [-0.4, -0.2) is 58.0 Å². The first kappa shape index (κ1) is 20.7. The number of carbonyl (C=O) groups excluding carboxylic acids is 2. The zero-order chi connectivity index (χ0) is 18.3. The molecule has 2 N–H and O–H groups in total. The van der Waals surface area contributed by atoms with Gasteiger partial charge in [-0.15, -0.1) is 0 Å². The summed E-state index contributed by atoms with van der Waals surface area (Å²) in [5, 5.41) is 12.7. The van der Waals surface area contributed by atoms with Crippen molar-refractivity contribution >= 4 is 33.9 Å². The van der Waals surface area contributed by atoms with Crippen LogP contribution < -0.4 is 5.32 Å². The lowest BCUT2D eigenvalue weighted by Gasteiger charge is -2.24. The van der Waals surface area contributed by atoms with E-state index in [0.717, 1.165) is 0 Å². The van der Waals surface area contributed by atoms with Gasteiger partial charge in [0.15, 0.2) is 0 Å². The number of hydrogen-bond donors (Lipinski definition) is 2. The van der Waals surface area contributed by atoms with Crippen LogP contribution in [0.5, 0.6) is 0 Å². The van der Waals surface area contributed by atoms with Crippen molar-refractivity contribution in [2.45, 2.75) is 58.1 Å². The number of hydrogen-bond acceptors (Lipinski definition) is 4. The van der Waals surface area contributed by atoms with E-state index >= 15 is 0 Å². The van der Waals surface area contributed by atoms with Crippen molar-refractivity contribution in [3.05, 3.63) is 0 Å². The van der Waals surface area contributed by atoms with Crippen molar-refractivity contribution in [1.29, 1.82) is 0 Å². The molecule has 0 radical (unpaired) electrons. The van der Waals surface area contributed by atoms with Gasteiger partial charge in [0.1, 0.15) is 11.6 Å². The summed E-state index contributed by atoms with van der Waals surface area (Å²) in [7, 11) is 0. The maximum atomic E-state index is 12.0. The summed E-state index contributed by atoms with van der Waals surface area (Å²) in [6, 6.07) is -0.789. The van der Waals surface area contributed by atoms with E-state index in [0.29, 0.717) is 44.1 Å². The van der Waals surface area contributed by atoms with Crippen LogP contribution in [0.3, 0.4) is 0 Å². The minimum atomic E-state index is -0.973. The Kier molecular flexibility index (Phi) is 7.99. The molecule has 7 nitrogen and oxygen atoms in total. The fraction of sp³-hybridized carbons (Fsp3) is 0.812. The number of ether oxygens (including phenoxy) is 1. The number of alkyl carbamates (subject to hydrolysis) is 1. The molecule has 1 aliphatic rings.